The summed E-state index contributed by atoms with van der Waals surface area (Å²) in [6.45, 7) is -0.154. The number of esters is 1. The maximum atomic E-state index is 11.8. The second-order valence-electron chi connectivity index (χ2n) is 5.33. The number of nitrogens with zero attached hydrogens (tertiary/aromatic N) is 1. The molecule has 0 aromatic heterocycles. The molecule has 0 radical (unpaired) electrons. The molecule has 1 heterocycles. The highest BCUT2D eigenvalue weighted by Gasteiger charge is 2.26. The largest absolute Gasteiger partial charge is 0.481 e. The molecule has 1 aliphatic rings. The van der Waals surface area contributed by atoms with E-state index in [1.165, 1.54) is 0 Å². The number of rotatable bonds is 5. The van der Waals surface area contributed by atoms with E-state index < -0.39 is 24.5 Å². The van der Waals surface area contributed by atoms with Crippen molar-refractivity contribution in [2.75, 3.05) is 26.3 Å². The van der Waals surface area contributed by atoms with Crippen molar-refractivity contribution in [2.24, 2.45) is 0 Å². The molecule has 2 aromatic rings. The number of nitrogens with one attached hydrogen (secondary N) is 1. The lowest BCUT2D eigenvalue weighted by atomic mass is 10.1. The highest BCUT2D eigenvalue weighted by molar-refractivity contribution is 9.10. The molecule has 0 unspecified atom stereocenters. The Balaban J connectivity index is 1.53. The smallest absolute Gasteiger partial charge is 0.344 e. The van der Waals surface area contributed by atoms with Crippen LogP contribution < -0.4 is 10.1 Å². The lowest BCUT2D eigenvalue weighted by Gasteiger charge is -2.13. The zero-order valence-corrected chi connectivity index (χ0v) is 14.7. The molecular weight excluding hydrogens is 392 g/mol. The fraction of sp³-hybridized carbons (Fsp3) is 0.235. The Labute approximate surface area is 152 Å². The van der Waals surface area contributed by atoms with E-state index in [1.54, 1.807) is 6.07 Å². The van der Waals surface area contributed by atoms with E-state index in [4.69, 9.17) is 9.47 Å². The average Bonchev–Trinajstić information content (AvgIpc) is 3.05. The molecule has 7 nitrogen and oxygen atoms in total. The van der Waals surface area contributed by atoms with Crippen molar-refractivity contribution in [2.45, 2.75) is 0 Å². The predicted octanol–water partition coefficient (Wildman–Crippen LogP) is 2.08. The maximum Gasteiger partial charge on any atom is 0.344 e. The third-order valence-corrected chi connectivity index (χ3v) is 4.51. The van der Waals surface area contributed by atoms with Crippen molar-refractivity contribution >= 4 is 44.6 Å². The Bertz CT molecular complexity index is 839. The monoisotopic (exact) mass is 406 g/mol. The SMILES string of the molecule is O=C(COc1ccc2ccccc2c1Br)OCC(=O)N1CCNC1=O. The van der Waals surface area contributed by atoms with Gasteiger partial charge in [-0.15, -0.1) is 0 Å². The summed E-state index contributed by atoms with van der Waals surface area (Å²) in [5.74, 6) is -0.746. The van der Waals surface area contributed by atoms with Crippen LogP contribution in [-0.4, -0.2) is 49.1 Å². The van der Waals surface area contributed by atoms with Crippen LogP contribution in [0.25, 0.3) is 10.8 Å². The van der Waals surface area contributed by atoms with Crippen molar-refractivity contribution in [3.8, 4) is 5.75 Å². The summed E-state index contributed by atoms with van der Waals surface area (Å²) in [6.07, 6.45) is 0. The van der Waals surface area contributed by atoms with Gasteiger partial charge in [0.05, 0.1) is 4.47 Å². The van der Waals surface area contributed by atoms with Gasteiger partial charge in [0.25, 0.3) is 5.91 Å². The van der Waals surface area contributed by atoms with Crippen LogP contribution in [0.4, 0.5) is 4.79 Å². The molecule has 0 bridgehead atoms. The summed E-state index contributed by atoms with van der Waals surface area (Å²) in [5.41, 5.74) is 0. The number of halogens is 1. The first-order valence-electron chi connectivity index (χ1n) is 7.60. The van der Waals surface area contributed by atoms with Crippen LogP contribution in [0.3, 0.4) is 0 Å². The van der Waals surface area contributed by atoms with Gasteiger partial charge in [-0.25, -0.2) is 9.59 Å². The number of hydrogen-bond donors (Lipinski definition) is 1. The van der Waals surface area contributed by atoms with Crippen molar-refractivity contribution in [3.05, 3.63) is 40.9 Å². The molecule has 8 heteroatoms. The Kier molecular flexibility index (Phi) is 5.18. The highest BCUT2D eigenvalue weighted by atomic mass is 79.9. The quantitative estimate of drug-likeness (QED) is 0.768. The van der Waals surface area contributed by atoms with Gasteiger partial charge in [-0.05, 0) is 32.8 Å². The van der Waals surface area contributed by atoms with E-state index in [-0.39, 0.29) is 13.2 Å². The van der Waals surface area contributed by atoms with Gasteiger partial charge in [-0.1, -0.05) is 30.3 Å². The van der Waals surface area contributed by atoms with Crippen LogP contribution in [-0.2, 0) is 14.3 Å². The number of imide groups is 1. The van der Waals surface area contributed by atoms with Gasteiger partial charge < -0.3 is 14.8 Å². The van der Waals surface area contributed by atoms with Crippen LogP contribution in [0.15, 0.2) is 40.9 Å². The van der Waals surface area contributed by atoms with Crippen LogP contribution >= 0.6 is 15.9 Å². The Morgan fingerprint density at radius 3 is 2.72 bits per heavy atom. The number of ether oxygens (including phenoxy) is 2. The standard InChI is InChI=1S/C17H15BrN2O5/c18-16-12-4-2-1-3-11(12)5-6-13(16)24-10-15(22)25-9-14(21)20-8-7-19-17(20)23/h1-6H,7-10H2,(H,19,23). The predicted molar refractivity (Wildman–Crippen MR) is 93.2 cm³/mol. The van der Waals surface area contributed by atoms with Crippen molar-refractivity contribution in [1.29, 1.82) is 0 Å². The Morgan fingerprint density at radius 2 is 1.96 bits per heavy atom. The van der Waals surface area contributed by atoms with Gasteiger partial charge in [-0.2, -0.15) is 0 Å². The molecular formula is C17H15BrN2O5. The first-order chi connectivity index (χ1) is 12.1. The Morgan fingerprint density at radius 1 is 1.16 bits per heavy atom. The summed E-state index contributed by atoms with van der Waals surface area (Å²) in [4.78, 5) is 35.9. The van der Waals surface area contributed by atoms with Gasteiger partial charge in [0, 0.05) is 13.1 Å². The molecule has 0 atom stereocenters. The molecule has 1 aliphatic heterocycles. The van der Waals surface area contributed by atoms with E-state index in [9.17, 15) is 14.4 Å². The normalized spacial score (nSPS) is 13.6. The van der Waals surface area contributed by atoms with E-state index in [0.29, 0.717) is 12.3 Å². The van der Waals surface area contributed by atoms with Crippen LogP contribution in [0.1, 0.15) is 0 Å². The Hall–Kier alpha value is -2.61. The molecule has 0 aliphatic carbocycles. The molecule has 1 N–H and O–H groups in total. The first-order valence-corrected chi connectivity index (χ1v) is 8.39. The van der Waals surface area contributed by atoms with E-state index >= 15 is 0 Å². The summed E-state index contributed by atoms with van der Waals surface area (Å²) < 4.78 is 11.1. The number of benzene rings is 2. The molecule has 25 heavy (non-hydrogen) atoms. The van der Waals surface area contributed by atoms with Gasteiger partial charge in [0.1, 0.15) is 5.75 Å². The average molecular weight is 407 g/mol. The molecule has 1 fully saturated rings. The molecule has 0 saturated carbocycles. The summed E-state index contributed by atoms with van der Waals surface area (Å²) in [6, 6.07) is 10.9. The number of urea groups is 1. The molecule has 3 rings (SSSR count). The van der Waals surface area contributed by atoms with Crippen LogP contribution in [0.2, 0.25) is 0 Å². The topological polar surface area (TPSA) is 84.9 Å². The van der Waals surface area contributed by atoms with Crippen molar-refractivity contribution in [1.82, 2.24) is 10.2 Å². The van der Waals surface area contributed by atoms with Crippen LogP contribution in [0, 0.1) is 0 Å². The van der Waals surface area contributed by atoms with Gasteiger partial charge in [0.2, 0.25) is 0 Å². The van der Waals surface area contributed by atoms with Gasteiger partial charge >= 0.3 is 12.0 Å². The first kappa shape index (κ1) is 17.2. The minimum atomic E-state index is -0.687. The number of amides is 3. The molecule has 1 saturated heterocycles. The number of carbonyl (C=O) groups is 3. The highest BCUT2D eigenvalue weighted by Crippen LogP contribution is 2.32. The molecule has 3 amide bonds. The maximum absolute atomic E-state index is 11.8. The zero-order chi connectivity index (χ0) is 17.8. The summed E-state index contributed by atoms with van der Waals surface area (Å²) >= 11 is 3.46. The molecule has 2 aromatic carbocycles. The third kappa shape index (κ3) is 3.90. The zero-order valence-electron chi connectivity index (χ0n) is 13.2. The van der Waals surface area contributed by atoms with E-state index in [1.807, 2.05) is 30.3 Å². The van der Waals surface area contributed by atoms with Gasteiger partial charge in [-0.3, -0.25) is 9.69 Å². The lowest BCUT2D eigenvalue weighted by Crippen LogP contribution is -2.37. The van der Waals surface area contributed by atoms with Crippen molar-refractivity contribution in [3.63, 3.8) is 0 Å². The van der Waals surface area contributed by atoms with Crippen molar-refractivity contribution < 1.29 is 23.9 Å². The number of fused-ring (bicyclic) bond motifs is 1. The number of hydrogen-bond acceptors (Lipinski definition) is 5. The second-order valence-corrected chi connectivity index (χ2v) is 6.12. The summed E-state index contributed by atoms with van der Waals surface area (Å²) in [5, 5.41) is 4.50. The fourth-order valence-corrected chi connectivity index (χ4v) is 3.04. The molecule has 0 spiro atoms. The minimum Gasteiger partial charge on any atom is -0.481 e. The second kappa shape index (κ2) is 7.52. The third-order valence-electron chi connectivity index (χ3n) is 3.69. The van der Waals surface area contributed by atoms with Gasteiger partial charge in [0.15, 0.2) is 13.2 Å². The van der Waals surface area contributed by atoms with E-state index in [2.05, 4.69) is 21.2 Å². The minimum absolute atomic E-state index is 0.274. The van der Waals surface area contributed by atoms with E-state index in [0.717, 1.165) is 20.1 Å². The van der Waals surface area contributed by atoms with Crippen LogP contribution in [0.5, 0.6) is 5.75 Å². The number of carbonyl (C=O) groups excluding carboxylic acids is 3. The lowest BCUT2D eigenvalue weighted by molar-refractivity contribution is -0.152. The molecule has 130 valence electrons. The summed E-state index contributed by atoms with van der Waals surface area (Å²) in [7, 11) is 0. The fourth-order valence-electron chi connectivity index (χ4n) is 2.43.